The van der Waals surface area contributed by atoms with E-state index in [1.807, 2.05) is 0 Å². The molecule has 6 heteroatoms. The topological polar surface area (TPSA) is 80.8 Å². The summed E-state index contributed by atoms with van der Waals surface area (Å²) in [5.74, 6) is -2.11. The van der Waals surface area contributed by atoms with E-state index in [0.29, 0.717) is 0 Å². The molecule has 1 atom stereocenters. The molecule has 20 heavy (non-hydrogen) atoms. The van der Waals surface area contributed by atoms with E-state index in [2.05, 4.69) is 4.74 Å². The summed E-state index contributed by atoms with van der Waals surface area (Å²) in [5, 5.41) is 0. The number of carbonyl (C=O) groups excluding carboxylic acids is 4. The Morgan fingerprint density at radius 3 is 2.10 bits per heavy atom. The van der Waals surface area contributed by atoms with Crippen LogP contribution in [0.2, 0.25) is 0 Å². The summed E-state index contributed by atoms with van der Waals surface area (Å²) in [6, 6.07) is 5.41. The standard InChI is InChI=1S/C14H13NO5/c1-8(12(17)7-20-9(2)16)15-13(18)10-5-3-4-6-11(10)14(15)19/h3-6,8H,7H2,1-2H3/t8-/m0/s1. The second kappa shape index (κ2) is 5.24. The van der Waals surface area contributed by atoms with Crippen LogP contribution in [-0.4, -0.2) is 41.1 Å². The summed E-state index contributed by atoms with van der Waals surface area (Å²) in [7, 11) is 0. The number of rotatable bonds is 4. The molecule has 0 saturated heterocycles. The van der Waals surface area contributed by atoms with Crippen molar-refractivity contribution in [3.63, 3.8) is 0 Å². The molecule has 0 aromatic heterocycles. The minimum Gasteiger partial charge on any atom is -0.458 e. The number of Topliss-reactive ketones (excluding diaryl/α,β-unsaturated/α-hetero) is 1. The van der Waals surface area contributed by atoms with Gasteiger partial charge in [-0.05, 0) is 19.1 Å². The van der Waals surface area contributed by atoms with Crippen molar-refractivity contribution in [2.75, 3.05) is 6.61 Å². The van der Waals surface area contributed by atoms with Crippen molar-refractivity contribution in [3.8, 4) is 0 Å². The molecule has 0 fully saturated rings. The molecule has 0 saturated carbocycles. The van der Waals surface area contributed by atoms with E-state index in [1.165, 1.54) is 13.8 Å². The molecule has 2 rings (SSSR count). The van der Waals surface area contributed by atoms with Crippen molar-refractivity contribution in [3.05, 3.63) is 35.4 Å². The lowest BCUT2D eigenvalue weighted by Crippen LogP contribution is -2.44. The van der Waals surface area contributed by atoms with Gasteiger partial charge in [0.1, 0.15) is 0 Å². The van der Waals surface area contributed by atoms with Crippen LogP contribution >= 0.6 is 0 Å². The molecular weight excluding hydrogens is 262 g/mol. The van der Waals surface area contributed by atoms with Crippen LogP contribution in [-0.2, 0) is 14.3 Å². The predicted molar refractivity (Wildman–Crippen MR) is 68.0 cm³/mol. The molecule has 0 spiro atoms. The number of amides is 2. The highest BCUT2D eigenvalue weighted by Gasteiger charge is 2.40. The van der Waals surface area contributed by atoms with Crippen LogP contribution in [0, 0.1) is 0 Å². The van der Waals surface area contributed by atoms with Gasteiger partial charge in [0.05, 0.1) is 17.2 Å². The highest BCUT2D eigenvalue weighted by atomic mass is 16.5. The van der Waals surface area contributed by atoms with Crippen LogP contribution in [0.15, 0.2) is 24.3 Å². The van der Waals surface area contributed by atoms with Crippen molar-refractivity contribution in [2.24, 2.45) is 0 Å². The van der Waals surface area contributed by atoms with Gasteiger partial charge >= 0.3 is 5.97 Å². The fraction of sp³-hybridized carbons (Fsp3) is 0.286. The molecule has 1 aliphatic heterocycles. The number of ether oxygens (including phenoxy) is 1. The second-order valence-corrected chi connectivity index (χ2v) is 4.45. The van der Waals surface area contributed by atoms with Gasteiger partial charge in [0.2, 0.25) is 0 Å². The van der Waals surface area contributed by atoms with Crippen LogP contribution in [0.1, 0.15) is 34.6 Å². The quantitative estimate of drug-likeness (QED) is 0.600. The average molecular weight is 275 g/mol. The van der Waals surface area contributed by atoms with Crippen LogP contribution in [0.4, 0.5) is 0 Å². The maximum Gasteiger partial charge on any atom is 0.303 e. The molecule has 0 radical (unpaired) electrons. The molecule has 1 heterocycles. The largest absolute Gasteiger partial charge is 0.458 e. The summed E-state index contributed by atoms with van der Waals surface area (Å²) >= 11 is 0. The summed E-state index contributed by atoms with van der Waals surface area (Å²) in [5.41, 5.74) is 0.564. The van der Waals surface area contributed by atoms with Crippen molar-refractivity contribution >= 4 is 23.6 Å². The van der Waals surface area contributed by atoms with E-state index < -0.39 is 36.2 Å². The smallest absolute Gasteiger partial charge is 0.303 e. The minimum absolute atomic E-state index is 0.282. The number of ketones is 1. The van der Waals surface area contributed by atoms with Gasteiger partial charge in [0, 0.05) is 6.92 Å². The number of hydrogen-bond acceptors (Lipinski definition) is 5. The van der Waals surface area contributed by atoms with Gasteiger partial charge in [-0.15, -0.1) is 0 Å². The van der Waals surface area contributed by atoms with Gasteiger partial charge in [-0.3, -0.25) is 24.1 Å². The van der Waals surface area contributed by atoms with Crippen molar-refractivity contribution < 1.29 is 23.9 Å². The van der Waals surface area contributed by atoms with Crippen molar-refractivity contribution in [1.82, 2.24) is 4.90 Å². The van der Waals surface area contributed by atoms with Gasteiger partial charge < -0.3 is 4.74 Å². The van der Waals surface area contributed by atoms with Crippen LogP contribution in [0.5, 0.6) is 0 Å². The zero-order valence-electron chi connectivity index (χ0n) is 11.1. The first kappa shape index (κ1) is 13.9. The minimum atomic E-state index is -0.971. The van der Waals surface area contributed by atoms with E-state index >= 15 is 0 Å². The molecule has 0 aliphatic carbocycles. The normalized spacial score (nSPS) is 15.0. The molecule has 0 bridgehead atoms. The highest BCUT2D eigenvalue weighted by Crippen LogP contribution is 2.24. The summed E-state index contributed by atoms with van der Waals surface area (Å²) in [6.45, 7) is 2.16. The predicted octanol–water partition coefficient (Wildman–Crippen LogP) is 0.803. The van der Waals surface area contributed by atoms with Gasteiger partial charge in [-0.25, -0.2) is 0 Å². The first-order valence-electron chi connectivity index (χ1n) is 6.06. The third-order valence-corrected chi connectivity index (χ3v) is 3.10. The lowest BCUT2D eigenvalue weighted by atomic mass is 10.1. The monoisotopic (exact) mass is 275 g/mol. The Morgan fingerprint density at radius 1 is 1.15 bits per heavy atom. The van der Waals surface area contributed by atoms with Crippen molar-refractivity contribution in [1.29, 1.82) is 0 Å². The highest BCUT2D eigenvalue weighted by molar-refractivity contribution is 6.22. The third-order valence-electron chi connectivity index (χ3n) is 3.10. The summed E-state index contributed by atoms with van der Waals surface area (Å²) in [4.78, 5) is 47.7. The third kappa shape index (κ3) is 2.32. The Kier molecular flexibility index (Phi) is 3.65. The second-order valence-electron chi connectivity index (χ2n) is 4.45. The first-order chi connectivity index (χ1) is 9.43. The fourth-order valence-electron chi connectivity index (χ4n) is 2.00. The molecule has 104 valence electrons. The molecule has 1 aromatic carbocycles. The zero-order valence-corrected chi connectivity index (χ0v) is 11.1. The molecule has 6 nitrogen and oxygen atoms in total. The molecule has 0 unspecified atom stereocenters. The number of hydrogen-bond donors (Lipinski definition) is 0. The lowest BCUT2D eigenvalue weighted by molar-refractivity contribution is -0.146. The summed E-state index contributed by atoms with van der Waals surface area (Å²) in [6.07, 6.45) is 0. The molecular formula is C14H13NO5. The van der Waals surface area contributed by atoms with Gasteiger partial charge in [0.25, 0.3) is 11.8 Å². The van der Waals surface area contributed by atoms with E-state index in [0.717, 1.165) is 4.90 Å². The van der Waals surface area contributed by atoms with E-state index in [-0.39, 0.29) is 11.1 Å². The van der Waals surface area contributed by atoms with E-state index in [9.17, 15) is 19.2 Å². The Hall–Kier alpha value is -2.50. The van der Waals surface area contributed by atoms with Crippen LogP contribution in [0.25, 0.3) is 0 Å². The molecule has 0 N–H and O–H groups in total. The van der Waals surface area contributed by atoms with Crippen LogP contribution < -0.4 is 0 Å². The Balaban J connectivity index is 2.19. The Labute approximate surface area is 115 Å². The number of nitrogens with zero attached hydrogens (tertiary/aromatic N) is 1. The molecule has 1 aliphatic rings. The number of imide groups is 1. The lowest BCUT2D eigenvalue weighted by Gasteiger charge is -2.20. The number of esters is 1. The maximum atomic E-state index is 12.1. The molecule has 1 aromatic rings. The average Bonchev–Trinajstić information content (AvgIpc) is 2.68. The maximum absolute atomic E-state index is 12.1. The zero-order chi connectivity index (χ0) is 14.9. The first-order valence-corrected chi connectivity index (χ1v) is 6.06. The van der Waals surface area contributed by atoms with Crippen LogP contribution in [0.3, 0.4) is 0 Å². The fourth-order valence-corrected chi connectivity index (χ4v) is 2.00. The van der Waals surface area contributed by atoms with Gasteiger partial charge in [-0.1, -0.05) is 12.1 Å². The van der Waals surface area contributed by atoms with Gasteiger partial charge in [0.15, 0.2) is 12.4 Å². The number of carbonyl (C=O) groups is 4. The van der Waals surface area contributed by atoms with E-state index in [4.69, 9.17) is 0 Å². The molecule has 2 amide bonds. The Morgan fingerprint density at radius 2 is 1.65 bits per heavy atom. The SMILES string of the molecule is CC(=O)OCC(=O)[C@H](C)N1C(=O)c2ccccc2C1=O. The van der Waals surface area contributed by atoms with E-state index in [1.54, 1.807) is 24.3 Å². The number of benzene rings is 1. The number of fused-ring (bicyclic) bond motifs is 1. The summed E-state index contributed by atoms with van der Waals surface area (Å²) < 4.78 is 4.59. The Bertz CT molecular complexity index is 572. The van der Waals surface area contributed by atoms with Gasteiger partial charge in [-0.2, -0.15) is 0 Å². The van der Waals surface area contributed by atoms with Crippen molar-refractivity contribution in [2.45, 2.75) is 19.9 Å².